The molecule has 1 aromatic rings. The molecule has 0 aromatic heterocycles. The Hall–Kier alpha value is -1.26. The Morgan fingerprint density at radius 2 is 2.00 bits per heavy atom. The van der Waals surface area contributed by atoms with Crippen LogP contribution >= 0.6 is 0 Å². The quantitative estimate of drug-likeness (QED) is 0.881. The minimum absolute atomic E-state index is 0.557. The van der Waals surface area contributed by atoms with Gasteiger partial charge in [0.15, 0.2) is 11.5 Å². The molecule has 2 atom stereocenters. The Morgan fingerprint density at radius 1 is 1.26 bits per heavy atom. The summed E-state index contributed by atoms with van der Waals surface area (Å²) in [5.41, 5.74) is 6.98. The van der Waals surface area contributed by atoms with Crippen molar-refractivity contribution in [2.24, 2.45) is 5.73 Å². The first-order valence-corrected chi connectivity index (χ1v) is 6.85. The van der Waals surface area contributed by atoms with Gasteiger partial charge >= 0.3 is 0 Å². The second-order valence-electron chi connectivity index (χ2n) is 5.18. The molecular weight excluding hydrogens is 240 g/mol. The van der Waals surface area contributed by atoms with E-state index in [2.05, 4.69) is 24.0 Å². The summed E-state index contributed by atoms with van der Waals surface area (Å²) in [6, 6.07) is 6.83. The van der Waals surface area contributed by atoms with Crippen molar-refractivity contribution in [2.45, 2.75) is 25.3 Å². The summed E-state index contributed by atoms with van der Waals surface area (Å²) < 4.78 is 10.7. The van der Waals surface area contributed by atoms with Crippen molar-refractivity contribution >= 4 is 0 Å². The van der Waals surface area contributed by atoms with Crippen LogP contribution in [0.2, 0.25) is 0 Å². The fourth-order valence-electron chi connectivity index (χ4n) is 2.92. The van der Waals surface area contributed by atoms with Gasteiger partial charge in [-0.3, -0.25) is 4.90 Å². The number of methoxy groups -OCH3 is 2. The van der Waals surface area contributed by atoms with E-state index in [0.29, 0.717) is 12.0 Å². The summed E-state index contributed by atoms with van der Waals surface area (Å²) in [5.74, 6) is 2.15. The van der Waals surface area contributed by atoms with Crippen LogP contribution in [0.5, 0.6) is 11.5 Å². The number of nitrogens with two attached hydrogens (primary N) is 1. The summed E-state index contributed by atoms with van der Waals surface area (Å²) in [7, 11) is 3.35. The summed E-state index contributed by atoms with van der Waals surface area (Å²) >= 11 is 0. The fourth-order valence-corrected chi connectivity index (χ4v) is 2.92. The standard InChI is InChI=1S/C15H24N2O2/c1-11-8-13(10-17(11)7-6-16)12-4-5-14(18-2)15(9-12)19-3/h4-5,9,11,13H,6-8,10,16H2,1-3H3. The summed E-state index contributed by atoms with van der Waals surface area (Å²) in [6.07, 6.45) is 1.18. The van der Waals surface area contributed by atoms with Crippen LogP contribution < -0.4 is 15.2 Å². The summed E-state index contributed by atoms with van der Waals surface area (Å²) in [6.45, 7) is 5.05. The van der Waals surface area contributed by atoms with Crippen molar-refractivity contribution < 1.29 is 9.47 Å². The lowest BCUT2D eigenvalue weighted by Crippen LogP contribution is -2.32. The molecule has 0 spiro atoms. The first kappa shape index (κ1) is 14.2. The van der Waals surface area contributed by atoms with Crippen LogP contribution in [0, 0.1) is 0 Å². The molecule has 0 saturated carbocycles. The van der Waals surface area contributed by atoms with Gasteiger partial charge in [-0.05, 0) is 37.0 Å². The van der Waals surface area contributed by atoms with Gasteiger partial charge in [0.2, 0.25) is 0 Å². The Bertz CT molecular complexity index is 423. The van der Waals surface area contributed by atoms with E-state index in [1.807, 2.05) is 6.07 Å². The van der Waals surface area contributed by atoms with E-state index >= 15 is 0 Å². The smallest absolute Gasteiger partial charge is 0.160 e. The zero-order valence-electron chi connectivity index (χ0n) is 12.1. The molecule has 1 aliphatic heterocycles. The van der Waals surface area contributed by atoms with Gasteiger partial charge < -0.3 is 15.2 Å². The molecular formula is C15H24N2O2. The van der Waals surface area contributed by atoms with Crippen LogP contribution in [0.4, 0.5) is 0 Å². The molecule has 2 rings (SSSR count). The summed E-state index contributed by atoms with van der Waals surface area (Å²) in [4.78, 5) is 2.46. The highest BCUT2D eigenvalue weighted by molar-refractivity contribution is 5.44. The fraction of sp³-hybridized carbons (Fsp3) is 0.600. The Morgan fingerprint density at radius 3 is 2.63 bits per heavy atom. The average Bonchev–Trinajstić information content (AvgIpc) is 2.80. The molecule has 1 heterocycles. The van der Waals surface area contributed by atoms with E-state index in [-0.39, 0.29) is 0 Å². The lowest BCUT2D eigenvalue weighted by molar-refractivity contribution is 0.275. The van der Waals surface area contributed by atoms with Gasteiger partial charge in [-0.15, -0.1) is 0 Å². The van der Waals surface area contributed by atoms with E-state index in [1.54, 1.807) is 14.2 Å². The van der Waals surface area contributed by atoms with Gasteiger partial charge in [-0.1, -0.05) is 6.07 Å². The first-order valence-electron chi connectivity index (χ1n) is 6.85. The SMILES string of the molecule is COc1ccc(C2CC(C)N(CCN)C2)cc1OC. The molecule has 2 N–H and O–H groups in total. The molecule has 0 bridgehead atoms. The van der Waals surface area contributed by atoms with Gasteiger partial charge in [0.1, 0.15) is 0 Å². The highest BCUT2D eigenvalue weighted by atomic mass is 16.5. The number of likely N-dealkylation sites (tertiary alicyclic amines) is 1. The maximum absolute atomic E-state index is 5.66. The number of rotatable bonds is 5. The van der Waals surface area contributed by atoms with E-state index in [9.17, 15) is 0 Å². The topological polar surface area (TPSA) is 47.7 Å². The van der Waals surface area contributed by atoms with Gasteiger partial charge in [0.25, 0.3) is 0 Å². The average molecular weight is 264 g/mol. The normalized spacial score (nSPS) is 23.6. The molecule has 2 unspecified atom stereocenters. The minimum atomic E-state index is 0.557. The second kappa shape index (κ2) is 6.26. The molecule has 4 heteroatoms. The monoisotopic (exact) mass is 264 g/mol. The van der Waals surface area contributed by atoms with Crippen molar-refractivity contribution in [3.63, 3.8) is 0 Å². The highest BCUT2D eigenvalue weighted by Gasteiger charge is 2.29. The lowest BCUT2D eigenvalue weighted by Gasteiger charge is -2.19. The minimum Gasteiger partial charge on any atom is -0.493 e. The second-order valence-corrected chi connectivity index (χ2v) is 5.18. The van der Waals surface area contributed by atoms with Crippen LogP contribution in [-0.4, -0.2) is 44.8 Å². The van der Waals surface area contributed by atoms with Crippen LogP contribution in [0.15, 0.2) is 18.2 Å². The molecule has 1 fully saturated rings. The van der Waals surface area contributed by atoms with Gasteiger partial charge in [-0.25, -0.2) is 0 Å². The predicted octanol–water partition coefficient (Wildman–Crippen LogP) is 1.84. The van der Waals surface area contributed by atoms with Crippen molar-refractivity contribution in [1.82, 2.24) is 4.90 Å². The van der Waals surface area contributed by atoms with Crippen molar-refractivity contribution in [1.29, 1.82) is 0 Å². The number of nitrogens with zero attached hydrogens (tertiary/aromatic N) is 1. The van der Waals surface area contributed by atoms with Gasteiger partial charge in [-0.2, -0.15) is 0 Å². The summed E-state index contributed by atoms with van der Waals surface area (Å²) in [5, 5.41) is 0. The number of ether oxygens (including phenoxy) is 2. The zero-order valence-corrected chi connectivity index (χ0v) is 12.1. The molecule has 1 aliphatic rings. The largest absolute Gasteiger partial charge is 0.493 e. The van der Waals surface area contributed by atoms with Crippen LogP contribution in [0.25, 0.3) is 0 Å². The highest BCUT2D eigenvalue weighted by Crippen LogP contribution is 2.36. The maximum atomic E-state index is 5.66. The van der Waals surface area contributed by atoms with Crippen molar-refractivity contribution in [2.75, 3.05) is 33.9 Å². The van der Waals surface area contributed by atoms with Crippen LogP contribution in [-0.2, 0) is 0 Å². The van der Waals surface area contributed by atoms with E-state index in [0.717, 1.165) is 31.1 Å². The zero-order chi connectivity index (χ0) is 13.8. The van der Waals surface area contributed by atoms with Crippen molar-refractivity contribution in [3.8, 4) is 11.5 Å². The Balaban J connectivity index is 2.15. The van der Waals surface area contributed by atoms with Gasteiger partial charge in [0.05, 0.1) is 14.2 Å². The third-order valence-corrected chi connectivity index (χ3v) is 4.00. The number of hydrogen-bond donors (Lipinski definition) is 1. The van der Waals surface area contributed by atoms with Crippen LogP contribution in [0.1, 0.15) is 24.8 Å². The van der Waals surface area contributed by atoms with Crippen LogP contribution in [0.3, 0.4) is 0 Å². The third-order valence-electron chi connectivity index (χ3n) is 4.00. The van der Waals surface area contributed by atoms with E-state index in [1.165, 1.54) is 12.0 Å². The Kier molecular flexibility index (Phi) is 4.66. The molecule has 0 amide bonds. The predicted molar refractivity (Wildman–Crippen MR) is 77.0 cm³/mol. The van der Waals surface area contributed by atoms with E-state index < -0.39 is 0 Å². The van der Waals surface area contributed by atoms with E-state index in [4.69, 9.17) is 15.2 Å². The lowest BCUT2D eigenvalue weighted by atomic mass is 9.96. The molecule has 19 heavy (non-hydrogen) atoms. The molecule has 0 radical (unpaired) electrons. The molecule has 1 aromatic carbocycles. The Labute approximate surface area is 115 Å². The third kappa shape index (κ3) is 3.01. The number of benzene rings is 1. The maximum Gasteiger partial charge on any atom is 0.160 e. The van der Waals surface area contributed by atoms with Gasteiger partial charge in [0, 0.05) is 25.7 Å². The number of hydrogen-bond acceptors (Lipinski definition) is 4. The molecule has 4 nitrogen and oxygen atoms in total. The first-order chi connectivity index (χ1) is 9.19. The molecule has 106 valence electrons. The molecule has 1 saturated heterocycles. The molecule has 0 aliphatic carbocycles. The van der Waals surface area contributed by atoms with Crippen molar-refractivity contribution in [3.05, 3.63) is 23.8 Å².